The molecule has 0 saturated heterocycles. The van der Waals surface area contributed by atoms with Gasteiger partial charge in [-0.2, -0.15) is 0 Å². The standard InChI is InChI=1S/C16H14BrN3O5/c1-22-10-4-3-9(12(8-10)23-2)7-14(21)18-16-20-19-15(25-16)11-5-6-13(17)24-11/h3-6,8H,7H2,1-2H3,(H,18,20,21). The molecule has 0 bridgehead atoms. The third kappa shape index (κ3) is 4.00. The maximum Gasteiger partial charge on any atom is 0.322 e. The molecule has 2 aromatic heterocycles. The van der Waals surface area contributed by atoms with Gasteiger partial charge in [-0.3, -0.25) is 10.1 Å². The predicted molar refractivity (Wildman–Crippen MR) is 91.6 cm³/mol. The van der Waals surface area contributed by atoms with E-state index in [1.165, 1.54) is 7.11 Å². The highest BCUT2D eigenvalue weighted by Crippen LogP contribution is 2.26. The molecule has 2 heterocycles. The molecule has 130 valence electrons. The number of furan rings is 1. The van der Waals surface area contributed by atoms with E-state index in [0.717, 1.165) is 0 Å². The molecule has 0 atom stereocenters. The number of hydrogen-bond donors (Lipinski definition) is 1. The first kappa shape index (κ1) is 17.0. The van der Waals surface area contributed by atoms with Gasteiger partial charge in [-0.15, -0.1) is 5.10 Å². The van der Waals surface area contributed by atoms with Crippen molar-refractivity contribution in [2.24, 2.45) is 0 Å². The molecular formula is C16H14BrN3O5. The third-order valence-electron chi connectivity index (χ3n) is 3.30. The van der Waals surface area contributed by atoms with Crippen molar-refractivity contribution >= 4 is 27.9 Å². The monoisotopic (exact) mass is 407 g/mol. The van der Waals surface area contributed by atoms with Gasteiger partial charge in [0.25, 0.3) is 5.89 Å². The fraction of sp³-hybridized carbons (Fsp3) is 0.188. The Balaban J connectivity index is 1.68. The fourth-order valence-corrected chi connectivity index (χ4v) is 2.44. The van der Waals surface area contributed by atoms with Gasteiger partial charge in [0.1, 0.15) is 11.5 Å². The number of nitrogens with zero attached hydrogens (tertiary/aromatic N) is 2. The van der Waals surface area contributed by atoms with Crippen molar-refractivity contribution in [1.82, 2.24) is 10.2 Å². The van der Waals surface area contributed by atoms with Gasteiger partial charge in [-0.05, 0) is 34.1 Å². The fourth-order valence-electron chi connectivity index (χ4n) is 2.14. The van der Waals surface area contributed by atoms with Crippen LogP contribution >= 0.6 is 15.9 Å². The third-order valence-corrected chi connectivity index (χ3v) is 3.73. The summed E-state index contributed by atoms with van der Waals surface area (Å²) in [4.78, 5) is 12.2. The van der Waals surface area contributed by atoms with E-state index in [2.05, 4.69) is 31.4 Å². The first-order valence-electron chi connectivity index (χ1n) is 7.19. The van der Waals surface area contributed by atoms with E-state index in [1.807, 2.05) is 0 Å². The summed E-state index contributed by atoms with van der Waals surface area (Å²) in [5.41, 5.74) is 0.704. The van der Waals surface area contributed by atoms with Crippen LogP contribution < -0.4 is 14.8 Å². The van der Waals surface area contributed by atoms with Gasteiger partial charge in [-0.1, -0.05) is 11.2 Å². The van der Waals surface area contributed by atoms with Crippen LogP contribution in [0.25, 0.3) is 11.7 Å². The van der Waals surface area contributed by atoms with E-state index in [9.17, 15) is 4.79 Å². The quantitative estimate of drug-likeness (QED) is 0.668. The lowest BCUT2D eigenvalue weighted by atomic mass is 10.1. The summed E-state index contributed by atoms with van der Waals surface area (Å²) >= 11 is 3.19. The molecule has 0 aliphatic carbocycles. The second-order valence-electron chi connectivity index (χ2n) is 4.92. The summed E-state index contributed by atoms with van der Waals surface area (Å²) in [6.45, 7) is 0. The van der Waals surface area contributed by atoms with Crippen molar-refractivity contribution in [2.75, 3.05) is 19.5 Å². The van der Waals surface area contributed by atoms with Gasteiger partial charge >= 0.3 is 6.01 Å². The topological polar surface area (TPSA) is 99.6 Å². The van der Waals surface area contributed by atoms with Gasteiger partial charge < -0.3 is 18.3 Å². The van der Waals surface area contributed by atoms with Crippen molar-refractivity contribution in [3.05, 3.63) is 40.6 Å². The second-order valence-corrected chi connectivity index (χ2v) is 5.70. The van der Waals surface area contributed by atoms with Gasteiger partial charge in [0.2, 0.25) is 5.91 Å². The SMILES string of the molecule is COc1ccc(CC(=O)Nc2nnc(-c3ccc(Br)o3)o2)c(OC)c1. The van der Waals surface area contributed by atoms with E-state index >= 15 is 0 Å². The van der Waals surface area contributed by atoms with E-state index < -0.39 is 0 Å². The van der Waals surface area contributed by atoms with E-state index in [4.69, 9.17) is 18.3 Å². The summed E-state index contributed by atoms with van der Waals surface area (Å²) in [5, 5.41) is 10.2. The van der Waals surface area contributed by atoms with Crippen molar-refractivity contribution in [1.29, 1.82) is 0 Å². The van der Waals surface area contributed by atoms with Crippen LogP contribution in [-0.2, 0) is 11.2 Å². The number of halogens is 1. The van der Waals surface area contributed by atoms with Crippen LogP contribution in [0.1, 0.15) is 5.56 Å². The Hall–Kier alpha value is -2.81. The predicted octanol–water partition coefficient (Wildman–Crippen LogP) is 3.29. The van der Waals surface area contributed by atoms with E-state index in [1.54, 1.807) is 37.4 Å². The zero-order chi connectivity index (χ0) is 17.8. The second kappa shape index (κ2) is 7.39. The maximum absolute atomic E-state index is 12.2. The normalized spacial score (nSPS) is 10.5. The van der Waals surface area contributed by atoms with Gasteiger partial charge in [0, 0.05) is 11.6 Å². The highest BCUT2D eigenvalue weighted by molar-refractivity contribution is 9.10. The molecule has 1 aromatic carbocycles. The smallest absolute Gasteiger partial charge is 0.322 e. The Morgan fingerprint density at radius 3 is 2.68 bits per heavy atom. The summed E-state index contributed by atoms with van der Waals surface area (Å²) in [6.07, 6.45) is 0.0805. The van der Waals surface area contributed by atoms with Crippen molar-refractivity contribution in [2.45, 2.75) is 6.42 Å². The molecule has 0 saturated carbocycles. The average Bonchev–Trinajstić information content (AvgIpc) is 3.24. The van der Waals surface area contributed by atoms with Crippen LogP contribution in [0.3, 0.4) is 0 Å². The minimum absolute atomic E-state index is 0.0139. The number of nitrogens with one attached hydrogen (secondary N) is 1. The molecule has 3 rings (SSSR count). The molecule has 0 aliphatic rings. The number of anilines is 1. The average molecular weight is 408 g/mol. The summed E-state index contributed by atoms with van der Waals surface area (Å²) in [5.74, 6) is 1.45. The Labute approximate surface area is 151 Å². The van der Waals surface area contributed by atoms with Crippen molar-refractivity contribution in [3.63, 3.8) is 0 Å². The molecule has 1 amide bonds. The van der Waals surface area contributed by atoms with Crippen LogP contribution in [0.5, 0.6) is 11.5 Å². The van der Waals surface area contributed by atoms with Crippen LogP contribution in [0, 0.1) is 0 Å². The zero-order valence-electron chi connectivity index (χ0n) is 13.4. The minimum atomic E-state index is -0.320. The Kier molecular flexibility index (Phi) is 5.03. The van der Waals surface area contributed by atoms with Gasteiger partial charge in [0.05, 0.1) is 20.6 Å². The molecule has 1 N–H and O–H groups in total. The van der Waals surface area contributed by atoms with Crippen LogP contribution in [-0.4, -0.2) is 30.3 Å². The maximum atomic E-state index is 12.2. The van der Waals surface area contributed by atoms with Crippen molar-refractivity contribution < 1.29 is 23.1 Å². The minimum Gasteiger partial charge on any atom is -0.497 e. The van der Waals surface area contributed by atoms with E-state index in [-0.39, 0.29) is 24.2 Å². The Morgan fingerprint density at radius 2 is 2.00 bits per heavy atom. The summed E-state index contributed by atoms with van der Waals surface area (Å²) in [7, 11) is 3.09. The number of hydrogen-bond acceptors (Lipinski definition) is 7. The zero-order valence-corrected chi connectivity index (χ0v) is 15.0. The first-order chi connectivity index (χ1) is 12.1. The molecule has 0 unspecified atom stereocenters. The number of carbonyl (C=O) groups excluding carboxylic acids is 1. The Morgan fingerprint density at radius 1 is 1.16 bits per heavy atom. The molecule has 3 aromatic rings. The number of carbonyl (C=O) groups is 1. The molecule has 8 nitrogen and oxygen atoms in total. The Bertz CT molecular complexity index is 890. The lowest BCUT2D eigenvalue weighted by Gasteiger charge is -2.09. The number of aromatic nitrogens is 2. The van der Waals surface area contributed by atoms with Crippen LogP contribution in [0.15, 0.2) is 43.8 Å². The summed E-state index contributed by atoms with van der Waals surface area (Å²) < 4.78 is 21.6. The molecular weight excluding hydrogens is 394 g/mol. The lowest BCUT2D eigenvalue weighted by molar-refractivity contribution is -0.115. The number of methoxy groups -OCH3 is 2. The summed E-state index contributed by atoms with van der Waals surface area (Å²) in [6, 6.07) is 8.59. The first-order valence-corrected chi connectivity index (χ1v) is 7.98. The number of rotatable bonds is 6. The molecule has 25 heavy (non-hydrogen) atoms. The number of benzene rings is 1. The molecule has 0 radical (unpaired) electrons. The van der Waals surface area contributed by atoms with Crippen molar-refractivity contribution in [3.8, 4) is 23.1 Å². The van der Waals surface area contributed by atoms with Crippen LogP contribution in [0.4, 0.5) is 6.01 Å². The molecule has 9 heteroatoms. The van der Waals surface area contributed by atoms with Crippen LogP contribution in [0.2, 0.25) is 0 Å². The number of ether oxygens (including phenoxy) is 2. The van der Waals surface area contributed by atoms with E-state index in [0.29, 0.717) is 27.5 Å². The number of amides is 1. The highest BCUT2D eigenvalue weighted by Gasteiger charge is 2.16. The molecule has 0 aliphatic heterocycles. The van der Waals surface area contributed by atoms with Gasteiger partial charge in [0.15, 0.2) is 10.4 Å². The highest BCUT2D eigenvalue weighted by atomic mass is 79.9. The molecule has 0 fully saturated rings. The lowest BCUT2D eigenvalue weighted by Crippen LogP contribution is -2.15. The largest absolute Gasteiger partial charge is 0.497 e. The molecule has 0 spiro atoms. The van der Waals surface area contributed by atoms with Gasteiger partial charge in [-0.25, -0.2) is 0 Å².